The summed E-state index contributed by atoms with van der Waals surface area (Å²) < 4.78 is 5.47. The van der Waals surface area contributed by atoms with Crippen LogP contribution in [0.15, 0.2) is 46.6 Å². The van der Waals surface area contributed by atoms with Crippen molar-refractivity contribution in [1.82, 2.24) is 4.98 Å². The van der Waals surface area contributed by atoms with E-state index in [4.69, 9.17) is 16.2 Å². The molecule has 0 unspecified atom stereocenters. The summed E-state index contributed by atoms with van der Waals surface area (Å²) >= 11 is 0. The number of carbonyl (C=O) groups is 2. The van der Waals surface area contributed by atoms with E-state index in [1.165, 1.54) is 0 Å². The van der Waals surface area contributed by atoms with E-state index in [1.54, 1.807) is 43.3 Å². The minimum absolute atomic E-state index is 0.0825. The van der Waals surface area contributed by atoms with Crippen molar-refractivity contribution in [3.8, 4) is 5.75 Å². The number of nitrogens with one attached hydrogen (secondary N) is 1. The fraction of sp³-hybridized carbons (Fsp3) is 0.350. The molecule has 0 spiro atoms. The average Bonchev–Trinajstić information content (AvgIpc) is 2.67. The zero-order chi connectivity index (χ0) is 21.6. The van der Waals surface area contributed by atoms with Crippen LogP contribution in [-0.2, 0) is 9.59 Å². The highest BCUT2D eigenvalue weighted by molar-refractivity contribution is 5.93. The Morgan fingerprint density at radius 3 is 2.31 bits per heavy atom. The zero-order valence-electron chi connectivity index (χ0n) is 16.9. The van der Waals surface area contributed by atoms with Gasteiger partial charge in [-0.05, 0) is 37.1 Å². The number of hydrogen-bond donors (Lipinski definition) is 3. The number of hydrogen-bond acceptors (Lipinski definition) is 8. The van der Waals surface area contributed by atoms with Crippen LogP contribution < -0.4 is 21.5 Å². The predicted molar refractivity (Wildman–Crippen MR) is 111 cm³/mol. The molecule has 1 aromatic heterocycles. The van der Waals surface area contributed by atoms with Gasteiger partial charge in [0.25, 0.3) is 0 Å². The Kier molecular flexibility index (Phi) is 7.38. The number of benzene rings is 1. The Labute approximate surface area is 169 Å². The fourth-order valence-corrected chi connectivity index (χ4v) is 2.07. The van der Waals surface area contributed by atoms with Gasteiger partial charge in [0.2, 0.25) is 5.91 Å². The lowest BCUT2D eigenvalue weighted by Gasteiger charge is -2.14. The Morgan fingerprint density at radius 1 is 1.03 bits per heavy atom. The number of rotatable bonds is 7. The molecule has 1 heterocycles. The van der Waals surface area contributed by atoms with Gasteiger partial charge in [-0.1, -0.05) is 32.9 Å². The maximum atomic E-state index is 12.2. The third kappa shape index (κ3) is 6.08. The van der Waals surface area contributed by atoms with Gasteiger partial charge in [0, 0.05) is 0 Å². The molecule has 0 aliphatic carbocycles. The first-order chi connectivity index (χ1) is 13.7. The molecule has 1 aromatic carbocycles. The summed E-state index contributed by atoms with van der Waals surface area (Å²) in [5, 5.41) is 10.8. The number of carbonyl (C=O) groups excluding carboxylic acids is 2. The third-order valence-corrected chi connectivity index (χ3v) is 4.28. The lowest BCUT2D eigenvalue weighted by atomic mass is 9.99. The minimum atomic E-state index is -0.671. The maximum absolute atomic E-state index is 12.2. The monoisotopic (exact) mass is 398 g/mol. The summed E-state index contributed by atoms with van der Waals surface area (Å²) in [6.45, 7) is 7.28. The number of nitrogens with zero attached hydrogens (tertiary/aromatic N) is 3. The quantitative estimate of drug-likeness (QED) is 0.369. The summed E-state index contributed by atoms with van der Waals surface area (Å²) in [7, 11) is 0. The first kappa shape index (κ1) is 22.0. The Morgan fingerprint density at radius 2 is 1.69 bits per heavy atom. The van der Waals surface area contributed by atoms with Crippen LogP contribution >= 0.6 is 0 Å². The second-order valence-electron chi connectivity index (χ2n) is 7.00. The molecular formula is C20H26N6O3. The Hall–Kier alpha value is -3.33. The lowest BCUT2D eigenvalue weighted by molar-refractivity contribution is -0.139. The normalized spacial score (nSPS) is 13.3. The fourth-order valence-electron chi connectivity index (χ4n) is 2.07. The van der Waals surface area contributed by atoms with Crippen LogP contribution in [0.5, 0.6) is 5.75 Å². The third-order valence-electron chi connectivity index (χ3n) is 4.28. The number of nitrogens with two attached hydrogens (primary N) is 2. The van der Waals surface area contributed by atoms with Crippen molar-refractivity contribution >= 4 is 34.9 Å². The van der Waals surface area contributed by atoms with Gasteiger partial charge in [-0.15, -0.1) is 10.2 Å². The highest BCUT2D eigenvalue weighted by Gasteiger charge is 2.20. The Balaban J connectivity index is 2.18. The summed E-state index contributed by atoms with van der Waals surface area (Å²) in [6.07, 6.45) is 0. The largest absolute Gasteiger partial charge is 0.424 e. The van der Waals surface area contributed by atoms with Gasteiger partial charge in [0.1, 0.15) is 17.2 Å². The van der Waals surface area contributed by atoms with E-state index in [1.807, 2.05) is 20.8 Å². The molecule has 9 heteroatoms. The standard InChI is InChI=1S/C20H26N6O3/c1-11(2)12(3)20(28)29-16-8-6-5-7-14(16)25-26-15-9-10-17(23-18(15)22)24-19(27)13(4)21/h5-13H,21H2,1-4H3,(H3,22,23,24,27)/t12-,13-/m0/s1. The lowest BCUT2D eigenvalue weighted by Crippen LogP contribution is -2.32. The Bertz CT molecular complexity index is 911. The van der Waals surface area contributed by atoms with E-state index in [9.17, 15) is 9.59 Å². The molecule has 1 amide bonds. The van der Waals surface area contributed by atoms with E-state index < -0.39 is 6.04 Å². The van der Waals surface area contributed by atoms with Crippen molar-refractivity contribution in [1.29, 1.82) is 0 Å². The number of para-hydroxylation sites is 1. The van der Waals surface area contributed by atoms with Crippen molar-refractivity contribution in [2.75, 3.05) is 11.1 Å². The predicted octanol–water partition coefficient (Wildman–Crippen LogP) is 3.56. The number of pyridine rings is 1. The van der Waals surface area contributed by atoms with Gasteiger partial charge in [-0.3, -0.25) is 9.59 Å². The smallest absolute Gasteiger partial charge is 0.314 e. The summed E-state index contributed by atoms with van der Waals surface area (Å²) in [6, 6.07) is 9.26. The molecule has 5 N–H and O–H groups in total. The van der Waals surface area contributed by atoms with Gasteiger partial charge >= 0.3 is 5.97 Å². The van der Waals surface area contributed by atoms with Crippen molar-refractivity contribution in [3.63, 3.8) is 0 Å². The van der Waals surface area contributed by atoms with Crippen LogP contribution in [-0.4, -0.2) is 22.9 Å². The molecule has 0 bridgehead atoms. The summed E-state index contributed by atoms with van der Waals surface area (Å²) in [4.78, 5) is 27.9. The molecule has 9 nitrogen and oxygen atoms in total. The van der Waals surface area contributed by atoms with E-state index in [-0.39, 0.29) is 35.3 Å². The molecule has 0 saturated heterocycles. The second-order valence-corrected chi connectivity index (χ2v) is 7.00. The van der Waals surface area contributed by atoms with Crippen molar-refractivity contribution < 1.29 is 14.3 Å². The summed E-state index contributed by atoms with van der Waals surface area (Å²) in [5.41, 5.74) is 12.1. The van der Waals surface area contributed by atoms with Crippen LogP contribution in [0.1, 0.15) is 27.7 Å². The molecule has 0 fully saturated rings. The molecule has 0 radical (unpaired) electrons. The van der Waals surface area contributed by atoms with Crippen LogP contribution in [0.25, 0.3) is 0 Å². The second kappa shape index (κ2) is 9.74. The molecule has 0 saturated carbocycles. The summed E-state index contributed by atoms with van der Waals surface area (Å²) in [5.74, 6) is -0.154. The number of amides is 1. The van der Waals surface area contributed by atoms with Crippen LogP contribution in [0, 0.1) is 11.8 Å². The number of anilines is 2. The first-order valence-electron chi connectivity index (χ1n) is 9.24. The molecule has 0 aliphatic rings. The van der Waals surface area contributed by atoms with E-state index >= 15 is 0 Å². The molecule has 0 aliphatic heterocycles. The zero-order valence-corrected chi connectivity index (χ0v) is 16.9. The number of azo groups is 1. The highest BCUT2D eigenvalue weighted by Crippen LogP contribution is 2.31. The molecular weight excluding hydrogens is 372 g/mol. The van der Waals surface area contributed by atoms with Gasteiger partial charge in [-0.2, -0.15) is 0 Å². The van der Waals surface area contributed by atoms with Gasteiger partial charge < -0.3 is 21.5 Å². The minimum Gasteiger partial charge on any atom is -0.424 e. The van der Waals surface area contributed by atoms with E-state index in [0.29, 0.717) is 17.1 Å². The van der Waals surface area contributed by atoms with Crippen molar-refractivity contribution in [2.45, 2.75) is 33.7 Å². The molecule has 2 atom stereocenters. The van der Waals surface area contributed by atoms with Crippen molar-refractivity contribution in [2.24, 2.45) is 27.8 Å². The van der Waals surface area contributed by atoms with Crippen LogP contribution in [0.2, 0.25) is 0 Å². The van der Waals surface area contributed by atoms with Crippen molar-refractivity contribution in [3.05, 3.63) is 36.4 Å². The van der Waals surface area contributed by atoms with Gasteiger partial charge in [0.05, 0.1) is 12.0 Å². The molecule has 2 aromatic rings. The maximum Gasteiger partial charge on any atom is 0.314 e. The van der Waals surface area contributed by atoms with E-state index in [0.717, 1.165) is 0 Å². The topological polar surface area (TPSA) is 145 Å². The first-order valence-corrected chi connectivity index (χ1v) is 9.24. The van der Waals surface area contributed by atoms with E-state index in [2.05, 4.69) is 20.5 Å². The number of ether oxygens (including phenoxy) is 1. The molecule has 2 rings (SSSR count). The van der Waals surface area contributed by atoms with Gasteiger partial charge in [0.15, 0.2) is 11.6 Å². The number of nitrogen functional groups attached to an aromatic ring is 1. The van der Waals surface area contributed by atoms with Crippen LogP contribution in [0.3, 0.4) is 0 Å². The average molecular weight is 398 g/mol. The molecule has 29 heavy (non-hydrogen) atoms. The molecule has 154 valence electrons. The van der Waals surface area contributed by atoms with Crippen LogP contribution in [0.4, 0.5) is 23.0 Å². The number of aromatic nitrogens is 1. The number of esters is 1. The van der Waals surface area contributed by atoms with Gasteiger partial charge in [-0.25, -0.2) is 4.98 Å². The highest BCUT2D eigenvalue weighted by atomic mass is 16.5. The SMILES string of the molecule is CC(C)[C@H](C)C(=O)Oc1ccccc1N=Nc1ccc(NC(=O)[C@H](C)N)nc1N.